The molecule has 0 amide bonds. The van der Waals surface area contributed by atoms with Crippen LogP contribution in [0.2, 0.25) is 0 Å². The van der Waals surface area contributed by atoms with Crippen LogP contribution in [-0.2, 0) is 22.0 Å². The van der Waals surface area contributed by atoms with E-state index in [4.69, 9.17) is 15.6 Å². The number of aromatic nitrogens is 4. The molecule has 2 aromatic carbocycles. The number of nitrogen functional groups attached to an aromatic ring is 1. The SMILES string of the molecule is CCOC(=O)c1ccc(-n2nc(-c3ccccc3)c(Cc3ccc(N[SH](=O)=O)cc3)c2N)nn1. The molecular weight excluding hydrogens is 456 g/mol. The molecule has 3 N–H and O–H groups in total. The first-order chi connectivity index (χ1) is 16.5. The van der Waals surface area contributed by atoms with E-state index in [1.165, 1.54) is 10.7 Å². The molecule has 0 unspecified atom stereocenters. The van der Waals surface area contributed by atoms with E-state index in [-0.39, 0.29) is 12.3 Å². The Morgan fingerprint density at radius 2 is 1.76 bits per heavy atom. The summed E-state index contributed by atoms with van der Waals surface area (Å²) in [7, 11) is -2.73. The summed E-state index contributed by atoms with van der Waals surface area (Å²) in [6.45, 7) is 1.95. The Hall–Kier alpha value is -4.25. The summed E-state index contributed by atoms with van der Waals surface area (Å²) in [6.07, 6.45) is 0.453. The zero-order chi connectivity index (χ0) is 24.1. The molecule has 4 rings (SSSR count). The first-order valence-corrected chi connectivity index (χ1v) is 11.6. The normalized spacial score (nSPS) is 10.9. The maximum absolute atomic E-state index is 11.9. The van der Waals surface area contributed by atoms with Gasteiger partial charge < -0.3 is 10.5 Å². The molecule has 0 atom stereocenters. The molecule has 0 saturated carbocycles. The number of hydrogen-bond donors (Lipinski definition) is 3. The number of benzene rings is 2. The number of nitrogens with two attached hydrogens (primary N) is 1. The lowest BCUT2D eigenvalue weighted by Gasteiger charge is -2.07. The van der Waals surface area contributed by atoms with Crippen LogP contribution >= 0.6 is 0 Å². The van der Waals surface area contributed by atoms with Gasteiger partial charge in [0.15, 0.2) is 11.5 Å². The second kappa shape index (κ2) is 10.1. The van der Waals surface area contributed by atoms with Gasteiger partial charge in [-0.05, 0) is 36.8 Å². The first kappa shape index (κ1) is 22.9. The number of ether oxygens (including phenoxy) is 1. The van der Waals surface area contributed by atoms with Crippen LogP contribution < -0.4 is 10.5 Å². The monoisotopic (exact) mass is 478 g/mol. The Labute approximate surface area is 197 Å². The summed E-state index contributed by atoms with van der Waals surface area (Å²) in [5.41, 5.74) is 10.3. The topological polar surface area (TPSA) is 142 Å². The molecule has 0 aliphatic carbocycles. The van der Waals surface area contributed by atoms with E-state index in [0.29, 0.717) is 29.4 Å². The van der Waals surface area contributed by atoms with Gasteiger partial charge in [-0.1, -0.05) is 42.5 Å². The standard InChI is InChI=1S/C23H22N6O4S/c1-2-33-23(30)19-12-13-20(26-25-19)29-22(24)18(21(27-29)16-6-4-3-5-7-16)14-15-8-10-17(11-9-15)28-34(31)32/h3-13,34H,2,14,24H2,1H3,(H,28,31,32). The summed E-state index contributed by atoms with van der Waals surface area (Å²) >= 11 is 0. The van der Waals surface area contributed by atoms with E-state index < -0.39 is 16.9 Å². The molecule has 0 saturated heterocycles. The van der Waals surface area contributed by atoms with Crippen molar-refractivity contribution in [3.63, 3.8) is 0 Å². The summed E-state index contributed by atoms with van der Waals surface area (Å²) in [6, 6.07) is 19.7. The Balaban J connectivity index is 1.72. The van der Waals surface area contributed by atoms with Crippen LogP contribution in [-0.4, -0.2) is 41.0 Å². The molecule has 0 spiro atoms. The zero-order valence-corrected chi connectivity index (χ0v) is 19.1. The third-order valence-electron chi connectivity index (χ3n) is 4.98. The van der Waals surface area contributed by atoms with Gasteiger partial charge in [-0.2, -0.15) is 9.78 Å². The molecule has 2 heterocycles. The number of carbonyl (C=O) groups excluding carboxylic acids is 1. The maximum Gasteiger partial charge on any atom is 0.358 e. The smallest absolute Gasteiger partial charge is 0.358 e. The van der Waals surface area contributed by atoms with Crippen molar-refractivity contribution < 1.29 is 17.9 Å². The first-order valence-electron chi connectivity index (χ1n) is 10.4. The molecule has 2 aromatic heterocycles. The van der Waals surface area contributed by atoms with Crippen LogP contribution in [0.1, 0.15) is 28.5 Å². The Bertz CT molecular complexity index is 1360. The highest BCUT2D eigenvalue weighted by molar-refractivity contribution is 7.73. The summed E-state index contributed by atoms with van der Waals surface area (Å²) in [5, 5.41) is 12.8. The molecule has 174 valence electrons. The summed E-state index contributed by atoms with van der Waals surface area (Å²) in [4.78, 5) is 11.9. The third-order valence-corrected chi connectivity index (χ3v) is 5.42. The highest BCUT2D eigenvalue weighted by Crippen LogP contribution is 2.31. The molecule has 0 bridgehead atoms. The number of anilines is 2. The van der Waals surface area contributed by atoms with Crippen LogP contribution in [0.3, 0.4) is 0 Å². The van der Waals surface area contributed by atoms with Crippen LogP contribution in [0.25, 0.3) is 17.1 Å². The molecule has 11 heteroatoms. The Morgan fingerprint density at radius 3 is 2.38 bits per heavy atom. The molecule has 0 aliphatic heterocycles. The minimum absolute atomic E-state index is 0.0911. The van der Waals surface area contributed by atoms with E-state index in [1.807, 2.05) is 42.5 Å². The molecule has 10 nitrogen and oxygen atoms in total. The van der Waals surface area contributed by atoms with Crippen molar-refractivity contribution in [2.45, 2.75) is 13.3 Å². The van der Waals surface area contributed by atoms with Crippen molar-refractivity contribution in [3.8, 4) is 17.1 Å². The summed E-state index contributed by atoms with van der Waals surface area (Å²) < 4.78 is 30.5. The van der Waals surface area contributed by atoms with Gasteiger partial charge in [0.25, 0.3) is 0 Å². The molecular formula is C23H22N6O4S. The lowest BCUT2D eigenvalue weighted by atomic mass is 10.0. The number of hydrogen-bond acceptors (Lipinski definition) is 8. The number of rotatable bonds is 8. The quantitative estimate of drug-likeness (QED) is 0.259. The molecule has 0 aliphatic rings. The van der Waals surface area contributed by atoms with Crippen molar-refractivity contribution in [1.29, 1.82) is 0 Å². The largest absolute Gasteiger partial charge is 0.461 e. The average Bonchev–Trinajstić information content (AvgIpc) is 3.17. The second-order valence-corrected chi connectivity index (χ2v) is 7.97. The predicted octanol–water partition coefficient (Wildman–Crippen LogP) is 2.62. The lowest BCUT2D eigenvalue weighted by Crippen LogP contribution is -2.11. The van der Waals surface area contributed by atoms with E-state index in [0.717, 1.165) is 16.7 Å². The number of nitrogens with zero attached hydrogens (tertiary/aromatic N) is 4. The highest BCUT2D eigenvalue weighted by atomic mass is 32.2. The molecule has 34 heavy (non-hydrogen) atoms. The number of carbonyl (C=O) groups is 1. The van der Waals surface area contributed by atoms with Crippen molar-refractivity contribution in [1.82, 2.24) is 20.0 Å². The minimum atomic E-state index is -2.73. The number of thiol groups is 1. The average molecular weight is 479 g/mol. The van der Waals surface area contributed by atoms with Gasteiger partial charge in [0.2, 0.25) is 10.9 Å². The van der Waals surface area contributed by atoms with Crippen LogP contribution in [0.15, 0.2) is 66.7 Å². The Kier molecular flexibility index (Phi) is 6.83. The predicted molar refractivity (Wildman–Crippen MR) is 128 cm³/mol. The van der Waals surface area contributed by atoms with Crippen LogP contribution in [0.5, 0.6) is 0 Å². The van der Waals surface area contributed by atoms with E-state index in [2.05, 4.69) is 14.9 Å². The van der Waals surface area contributed by atoms with Gasteiger partial charge >= 0.3 is 5.97 Å². The van der Waals surface area contributed by atoms with Crippen LogP contribution in [0.4, 0.5) is 11.5 Å². The van der Waals surface area contributed by atoms with Gasteiger partial charge in [0.1, 0.15) is 5.82 Å². The van der Waals surface area contributed by atoms with Crippen molar-refractivity contribution >= 4 is 28.4 Å². The fourth-order valence-electron chi connectivity index (χ4n) is 3.40. The van der Waals surface area contributed by atoms with E-state index in [9.17, 15) is 13.2 Å². The zero-order valence-electron chi connectivity index (χ0n) is 18.2. The lowest BCUT2D eigenvalue weighted by molar-refractivity contribution is 0.0518. The van der Waals surface area contributed by atoms with Crippen molar-refractivity contribution in [3.05, 3.63) is 83.6 Å². The second-order valence-electron chi connectivity index (χ2n) is 7.23. The van der Waals surface area contributed by atoms with Gasteiger partial charge in [-0.25, -0.2) is 13.2 Å². The third kappa shape index (κ3) is 5.04. The van der Waals surface area contributed by atoms with Crippen LogP contribution in [0, 0.1) is 0 Å². The molecule has 0 radical (unpaired) electrons. The van der Waals surface area contributed by atoms with Crippen molar-refractivity contribution in [2.24, 2.45) is 0 Å². The summed E-state index contributed by atoms with van der Waals surface area (Å²) in [5.74, 6) is 0.176. The fraction of sp³-hybridized carbons (Fsp3) is 0.130. The maximum atomic E-state index is 11.9. The van der Waals surface area contributed by atoms with Gasteiger partial charge in [0, 0.05) is 23.2 Å². The fourth-order valence-corrected chi connectivity index (χ4v) is 3.76. The molecule has 4 aromatic rings. The van der Waals surface area contributed by atoms with Gasteiger partial charge in [-0.3, -0.25) is 4.72 Å². The highest BCUT2D eigenvalue weighted by Gasteiger charge is 2.20. The van der Waals surface area contributed by atoms with Gasteiger partial charge in [-0.15, -0.1) is 10.2 Å². The number of esters is 1. The minimum Gasteiger partial charge on any atom is -0.461 e. The Morgan fingerprint density at radius 1 is 1.03 bits per heavy atom. The van der Waals surface area contributed by atoms with Crippen molar-refractivity contribution in [2.75, 3.05) is 17.1 Å². The molecule has 0 fully saturated rings. The van der Waals surface area contributed by atoms with E-state index >= 15 is 0 Å². The number of nitrogens with one attached hydrogen (secondary N) is 1. The van der Waals surface area contributed by atoms with Gasteiger partial charge in [0.05, 0.1) is 12.3 Å². The van der Waals surface area contributed by atoms with E-state index in [1.54, 1.807) is 25.1 Å².